The second-order valence-corrected chi connectivity index (χ2v) is 13.4. The van der Waals surface area contributed by atoms with Crippen LogP contribution in [-0.4, -0.2) is 49.5 Å². The number of carbonyl (C=O) groups excluding carboxylic acids is 1. The van der Waals surface area contributed by atoms with Crippen molar-refractivity contribution >= 4 is 21.6 Å². The van der Waals surface area contributed by atoms with Crippen LogP contribution in [0.3, 0.4) is 0 Å². The highest BCUT2D eigenvalue weighted by molar-refractivity contribution is 7.91. The van der Waals surface area contributed by atoms with E-state index in [4.69, 9.17) is 14.9 Å². The van der Waals surface area contributed by atoms with Crippen molar-refractivity contribution in [1.82, 2.24) is 14.8 Å². The molecule has 0 radical (unpaired) electrons. The molecule has 5 rings (SSSR count). The van der Waals surface area contributed by atoms with Gasteiger partial charge in [0.1, 0.15) is 22.3 Å². The Morgan fingerprint density at radius 3 is 2.50 bits per heavy atom. The number of amides is 1. The Bertz CT molecular complexity index is 1540. The molecule has 2 aliphatic rings. The van der Waals surface area contributed by atoms with Crippen LogP contribution in [0.4, 0.5) is 14.6 Å². The number of nitrogens with two attached hydrogens (primary N) is 1. The second kappa shape index (κ2) is 9.91. The van der Waals surface area contributed by atoms with Crippen LogP contribution in [0.1, 0.15) is 57.3 Å². The van der Waals surface area contributed by atoms with Gasteiger partial charge >= 0.3 is 0 Å². The maximum Gasteiger partial charge on any atom is 0.290 e. The van der Waals surface area contributed by atoms with Crippen LogP contribution in [0.2, 0.25) is 0 Å². The summed E-state index contributed by atoms with van der Waals surface area (Å²) < 4.78 is 52.1. The number of halogens is 2. The van der Waals surface area contributed by atoms with Gasteiger partial charge in [0, 0.05) is 31.3 Å². The van der Waals surface area contributed by atoms with Gasteiger partial charge in [0.05, 0.1) is 15.9 Å². The van der Waals surface area contributed by atoms with E-state index in [0.717, 1.165) is 13.3 Å². The molecule has 2 fully saturated rings. The number of alkyl halides is 2. The van der Waals surface area contributed by atoms with Crippen molar-refractivity contribution in [2.24, 2.45) is 20.8 Å². The summed E-state index contributed by atoms with van der Waals surface area (Å²) >= 11 is 0. The second-order valence-electron chi connectivity index (χ2n) is 11.6. The zero-order valence-corrected chi connectivity index (χ0v) is 23.8. The zero-order valence-electron chi connectivity index (χ0n) is 23.0. The van der Waals surface area contributed by atoms with Crippen molar-refractivity contribution in [2.45, 2.75) is 63.3 Å². The Morgan fingerprint density at radius 2 is 1.90 bits per heavy atom. The van der Waals surface area contributed by atoms with Crippen molar-refractivity contribution in [3.63, 3.8) is 0 Å². The third-order valence-corrected chi connectivity index (χ3v) is 9.18. The lowest BCUT2D eigenvalue weighted by Crippen LogP contribution is -2.39. The number of nitrogens with zero attached hydrogens (tertiary/aromatic N) is 5. The van der Waals surface area contributed by atoms with Crippen LogP contribution in [0.15, 0.2) is 64.0 Å². The smallest absolute Gasteiger partial charge is 0.290 e. The minimum atomic E-state index is -3.48. The van der Waals surface area contributed by atoms with Crippen molar-refractivity contribution in [3.05, 3.63) is 60.3 Å². The Kier molecular flexibility index (Phi) is 6.98. The highest BCUT2D eigenvalue weighted by Crippen LogP contribution is 2.56. The number of carbonyl (C=O) groups is 1. The molecule has 2 aromatic heterocycles. The molecule has 1 unspecified atom stereocenters. The van der Waals surface area contributed by atoms with E-state index in [1.807, 2.05) is 4.90 Å². The number of hydrogen-bond donors (Lipinski definition) is 1. The number of rotatable bonds is 8. The summed E-state index contributed by atoms with van der Waals surface area (Å²) in [5, 5.41) is 10.4. The Labute approximate surface area is 233 Å². The Balaban J connectivity index is 1.48. The van der Waals surface area contributed by atoms with Gasteiger partial charge in [0.2, 0.25) is 5.88 Å². The van der Waals surface area contributed by atoms with Gasteiger partial charge in [0.15, 0.2) is 5.82 Å². The van der Waals surface area contributed by atoms with Gasteiger partial charge < -0.3 is 9.64 Å². The van der Waals surface area contributed by atoms with Crippen LogP contribution in [0, 0.1) is 11.3 Å². The molecule has 1 saturated heterocycles. The molecule has 1 aliphatic carbocycles. The highest BCUT2D eigenvalue weighted by atomic mass is 32.2. The van der Waals surface area contributed by atoms with Gasteiger partial charge in [-0.25, -0.2) is 27.8 Å². The summed E-state index contributed by atoms with van der Waals surface area (Å²) in [7, 11) is -3.48. The maximum atomic E-state index is 13.9. The maximum absolute atomic E-state index is 13.9. The van der Waals surface area contributed by atoms with E-state index in [0.29, 0.717) is 36.9 Å². The SMILES string of the molecule is C[C@@H]1CN(c2nc(-n3ccc(OCC4(C(C)(F)F)CC4)n3)ccc2C(=O)N=S(N)(=O)c2ccccc2)C(C)(C)C1. The summed E-state index contributed by atoms with van der Waals surface area (Å²) in [6.07, 6.45) is 3.32. The molecule has 0 spiro atoms. The summed E-state index contributed by atoms with van der Waals surface area (Å²) in [5.74, 6) is -2.23. The van der Waals surface area contributed by atoms with E-state index in [1.165, 1.54) is 4.68 Å². The first-order valence-corrected chi connectivity index (χ1v) is 14.8. The normalized spacial score (nSPS) is 21.1. The lowest BCUT2D eigenvalue weighted by Gasteiger charge is -2.33. The van der Waals surface area contributed by atoms with Crippen molar-refractivity contribution in [2.75, 3.05) is 18.1 Å². The molecular formula is C28H34F2N6O3S. The first kappa shape index (κ1) is 28.2. The first-order valence-electron chi connectivity index (χ1n) is 13.2. The van der Waals surface area contributed by atoms with Gasteiger partial charge in [-0.15, -0.1) is 9.46 Å². The number of aromatic nitrogens is 3. The quantitative estimate of drug-likeness (QED) is 0.394. The molecule has 1 aliphatic heterocycles. The summed E-state index contributed by atoms with van der Waals surface area (Å²) in [4.78, 5) is 20.5. The lowest BCUT2D eigenvalue weighted by atomic mass is 9.97. The number of hydrogen-bond acceptors (Lipinski definition) is 6. The first-order chi connectivity index (χ1) is 18.7. The van der Waals surface area contributed by atoms with E-state index in [-0.39, 0.29) is 28.5 Å². The third-order valence-electron chi connectivity index (χ3n) is 7.80. The highest BCUT2D eigenvalue weighted by Gasteiger charge is 2.59. The molecule has 3 aromatic rings. The molecular weight excluding hydrogens is 538 g/mol. The average molecular weight is 573 g/mol. The molecule has 1 aromatic carbocycles. The van der Waals surface area contributed by atoms with E-state index >= 15 is 0 Å². The largest absolute Gasteiger partial charge is 0.476 e. The summed E-state index contributed by atoms with van der Waals surface area (Å²) in [6.45, 7) is 7.73. The molecule has 40 heavy (non-hydrogen) atoms. The summed E-state index contributed by atoms with van der Waals surface area (Å²) in [6, 6.07) is 13.0. The van der Waals surface area contributed by atoms with Crippen LogP contribution in [0.5, 0.6) is 5.88 Å². The predicted molar refractivity (Wildman–Crippen MR) is 148 cm³/mol. The average Bonchev–Trinajstić information content (AvgIpc) is 3.46. The van der Waals surface area contributed by atoms with E-state index in [2.05, 4.69) is 30.2 Å². The van der Waals surface area contributed by atoms with Crippen LogP contribution in [0.25, 0.3) is 5.82 Å². The van der Waals surface area contributed by atoms with E-state index in [9.17, 15) is 17.8 Å². The molecule has 3 heterocycles. The molecule has 12 heteroatoms. The molecule has 2 N–H and O–H groups in total. The van der Waals surface area contributed by atoms with Gasteiger partial charge in [-0.1, -0.05) is 25.1 Å². The Hall–Kier alpha value is -3.38. The van der Waals surface area contributed by atoms with E-state index in [1.54, 1.807) is 54.7 Å². The molecule has 2 atom stereocenters. The number of anilines is 1. The van der Waals surface area contributed by atoms with Crippen LogP contribution >= 0.6 is 0 Å². The third kappa shape index (κ3) is 5.46. The predicted octanol–water partition coefficient (Wildman–Crippen LogP) is 5.25. The molecule has 9 nitrogen and oxygen atoms in total. The Morgan fingerprint density at radius 1 is 1.20 bits per heavy atom. The monoisotopic (exact) mass is 572 g/mol. The van der Waals surface area contributed by atoms with Gasteiger partial charge in [-0.2, -0.15) is 0 Å². The molecule has 1 amide bonds. The number of pyridine rings is 1. The molecule has 1 saturated carbocycles. The summed E-state index contributed by atoms with van der Waals surface area (Å²) in [5.41, 5.74) is -1.29. The minimum Gasteiger partial charge on any atom is -0.476 e. The van der Waals surface area contributed by atoms with Crippen molar-refractivity contribution in [1.29, 1.82) is 0 Å². The lowest BCUT2D eigenvalue weighted by molar-refractivity contribution is -0.0712. The van der Waals surface area contributed by atoms with Gasteiger partial charge in [-0.05, 0) is 63.3 Å². The van der Waals surface area contributed by atoms with Crippen molar-refractivity contribution < 1.29 is 22.5 Å². The van der Waals surface area contributed by atoms with Crippen LogP contribution < -0.4 is 14.8 Å². The number of ether oxygens (including phenoxy) is 1. The van der Waals surface area contributed by atoms with Crippen molar-refractivity contribution in [3.8, 4) is 11.7 Å². The van der Waals surface area contributed by atoms with E-state index < -0.39 is 27.2 Å². The minimum absolute atomic E-state index is 0.124. The number of benzene rings is 1. The fourth-order valence-electron chi connectivity index (χ4n) is 5.32. The molecule has 0 bridgehead atoms. The fourth-order valence-corrected chi connectivity index (χ4v) is 6.32. The zero-order chi connectivity index (χ0) is 28.9. The fraction of sp³-hybridized carbons (Fsp3) is 0.464. The standard InChI is InChI=1S/C28H34F2N6O3S/c1-19-16-26(2,3)35(17-19)24-21(25(37)34-40(31,38)20-8-6-5-7-9-20)10-11-22(32-24)36-15-12-23(33-36)39-18-28(13-14-28)27(4,29)30/h5-12,15,19H,13-14,16-18H2,1-4H3,(H2,31,34,37,38)/t19-,40?/m0/s1. The van der Waals surface area contributed by atoms with Crippen LogP contribution in [-0.2, 0) is 9.92 Å². The molecule has 214 valence electrons. The van der Waals surface area contributed by atoms with Gasteiger partial charge in [-0.3, -0.25) is 4.79 Å². The van der Waals surface area contributed by atoms with Gasteiger partial charge in [0.25, 0.3) is 11.8 Å². The topological polar surface area (TPSA) is 116 Å².